The Morgan fingerprint density at radius 2 is 2.22 bits per heavy atom. The molecule has 1 aromatic carbocycles. The van der Waals surface area contributed by atoms with Crippen LogP contribution in [-0.4, -0.2) is 30.5 Å². The van der Waals surface area contributed by atoms with Crippen molar-refractivity contribution in [1.29, 1.82) is 0 Å². The number of aliphatic hydroxyl groups excluding tert-OH is 1. The van der Waals surface area contributed by atoms with E-state index >= 15 is 0 Å². The van der Waals surface area contributed by atoms with Crippen LogP contribution in [0.2, 0.25) is 0 Å². The molecule has 100 valence electrons. The molecule has 1 aromatic rings. The molecule has 0 amide bonds. The fourth-order valence-corrected chi connectivity index (χ4v) is 2.19. The molecule has 1 aliphatic heterocycles. The van der Waals surface area contributed by atoms with E-state index in [1.54, 1.807) is 0 Å². The molecule has 0 radical (unpaired) electrons. The molecule has 18 heavy (non-hydrogen) atoms. The van der Waals surface area contributed by atoms with Crippen LogP contribution in [0, 0.1) is 0 Å². The van der Waals surface area contributed by atoms with Gasteiger partial charge in [-0.15, -0.1) is 0 Å². The Morgan fingerprint density at radius 3 is 2.94 bits per heavy atom. The van der Waals surface area contributed by atoms with E-state index in [4.69, 9.17) is 9.47 Å². The molecule has 0 aliphatic carbocycles. The van der Waals surface area contributed by atoms with Crippen LogP contribution in [0.25, 0.3) is 0 Å². The molecule has 3 atom stereocenters. The van der Waals surface area contributed by atoms with Crippen molar-refractivity contribution in [2.45, 2.75) is 44.8 Å². The van der Waals surface area contributed by atoms with E-state index < -0.39 is 6.10 Å². The number of para-hydroxylation sites is 1. The van der Waals surface area contributed by atoms with E-state index in [-0.39, 0.29) is 6.10 Å². The first-order valence-corrected chi connectivity index (χ1v) is 6.73. The molecule has 1 N–H and O–H groups in total. The predicted molar refractivity (Wildman–Crippen MR) is 71.0 cm³/mol. The number of benzene rings is 1. The lowest BCUT2D eigenvalue weighted by atomic mass is 9.97. The fourth-order valence-electron chi connectivity index (χ4n) is 2.19. The summed E-state index contributed by atoms with van der Waals surface area (Å²) in [5.74, 6) is 1.34. The molecule has 0 spiro atoms. The highest BCUT2D eigenvalue weighted by molar-refractivity contribution is 5.36. The fraction of sp³-hybridized carbons (Fsp3) is 0.600. The van der Waals surface area contributed by atoms with Crippen LogP contribution in [0.1, 0.15) is 38.2 Å². The van der Waals surface area contributed by atoms with E-state index in [2.05, 4.69) is 19.9 Å². The highest BCUT2D eigenvalue weighted by Crippen LogP contribution is 2.30. The largest absolute Gasteiger partial charge is 0.485 e. The van der Waals surface area contributed by atoms with Crippen LogP contribution < -0.4 is 4.74 Å². The van der Waals surface area contributed by atoms with E-state index in [9.17, 15) is 5.11 Å². The van der Waals surface area contributed by atoms with Gasteiger partial charge in [0.25, 0.3) is 0 Å². The van der Waals surface area contributed by atoms with Gasteiger partial charge in [0.2, 0.25) is 0 Å². The summed E-state index contributed by atoms with van der Waals surface area (Å²) in [5.41, 5.74) is 1.21. The van der Waals surface area contributed by atoms with Gasteiger partial charge in [0.15, 0.2) is 0 Å². The smallest absolute Gasteiger partial charge is 0.148 e. The Hall–Kier alpha value is -1.06. The summed E-state index contributed by atoms with van der Waals surface area (Å²) in [6.07, 6.45) is 1.05. The lowest BCUT2D eigenvalue weighted by molar-refractivity contribution is -0.0738. The Bertz CT molecular complexity index is 378. The molecule has 2 rings (SSSR count). The number of hydrogen-bond donors (Lipinski definition) is 1. The number of ether oxygens (including phenoxy) is 2. The summed E-state index contributed by atoms with van der Waals surface area (Å²) >= 11 is 0. The van der Waals surface area contributed by atoms with Gasteiger partial charge >= 0.3 is 0 Å². The van der Waals surface area contributed by atoms with Gasteiger partial charge in [0.05, 0.1) is 12.7 Å². The summed E-state index contributed by atoms with van der Waals surface area (Å²) in [4.78, 5) is 0. The minimum absolute atomic E-state index is 0.246. The molecular weight excluding hydrogens is 228 g/mol. The van der Waals surface area contributed by atoms with Crippen molar-refractivity contribution >= 4 is 0 Å². The van der Waals surface area contributed by atoms with Crippen molar-refractivity contribution in [3.63, 3.8) is 0 Å². The zero-order valence-electron chi connectivity index (χ0n) is 11.1. The summed E-state index contributed by atoms with van der Waals surface area (Å²) in [6.45, 7) is 5.44. The average Bonchev–Trinajstić information content (AvgIpc) is 2.41. The molecule has 3 unspecified atom stereocenters. The van der Waals surface area contributed by atoms with Crippen molar-refractivity contribution in [2.75, 3.05) is 13.2 Å². The lowest BCUT2D eigenvalue weighted by Crippen LogP contribution is -2.41. The second-order valence-electron chi connectivity index (χ2n) is 4.93. The first kappa shape index (κ1) is 13.4. The second-order valence-corrected chi connectivity index (χ2v) is 4.93. The van der Waals surface area contributed by atoms with Crippen molar-refractivity contribution in [1.82, 2.24) is 0 Å². The Kier molecular flexibility index (Phi) is 4.61. The molecule has 0 saturated carbocycles. The maximum atomic E-state index is 9.91. The number of hydrogen-bond acceptors (Lipinski definition) is 3. The molecule has 3 heteroatoms. The summed E-state index contributed by atoms with van der Waals surface area (Å²) in [7, 11) is 0. The molecule has 0 aromatic heterocycles. The third kappa shape index (κ3) is 3.03. The van der Waals surface area contributed by atoms with Crippen molar-refractivity contribution in [3.8, 4) is 5.75 Å². The molecule has 1 fully saturated rings. The molecule has 1 heterocycles. The average molecular weight is 250 g/mol. The lowest BCUT2D eigenvalue weighted by Gasteiger charge is -2.29. The van der Waals surface area contributed by atoms with Gasteiger partial charge < -0.3 is 14.6 Å². The normalized spacial score (nSPS) is 25.7. The zero-order valence-corrected chi connectivity index (χ0v) is 11.1. The third-order valence-corrected chi connectivity index (χ3v) is 3.61. The minimum atomic E-state index is -0.427. The number of rotatable bonds is 4. The maximum absolute atomic E-state index is 9.91. The number of aliphatic hydroxyl groups is 1. The van der Waals surface area contributed by atoms with E-state index in [0.29, 0.717) is 25.6 Å². The molecule has 3 nitrogen and oxygen atoms in total. The van der Waals surface area contributed by atoms with E-state index in [1.165, 1.54) is 5.56 Å². The maximum Gasteiger partial charge on any atom is 0.148 e. The van der Waals surface area contributed by atoms with Crippen LogP contribution in [0.3, 0.4) is 0 Å². The van der Waals surface area contributed by atoms with Crippen LogP contribution in [-0.2, 0) is 4.74 Å². The van der Waals surface area contributed by atoms with Crippen molar-refractivity contribution in [3.05, 3.63) is 29.8 Å². The first-order chi connectivity index (χ1) is 8.72. The molecule has 1 aliphatic rings. The van der Waals surface area contributed by atoms with Gasteiger partial charge in [-0.3, -0.25) is 0 Å². The van der Waals surface area contributed by atoms with Crippen LogP contribution in [0.4, 0.5) is 0 Å². The van der Waals surface area contributed by atoms with Gasteiger partial charge in [0.1, 0.15) is 11.9 Å². The van der Waals surface area contributed by atoms with Crippen molar-refractivity contribution in [2.24, 2.45) is 0 Å². The van der Waals surface area contributed by atoms with Gasteiger partial charge in [-0.2, -0.15) is 0 Å². The second kappa shape index (κ2) is 6.21. The van der Waals surface area contributed by atoms with Crippen LogP contribution >= 0.6 is 0 Å². The van der Waals surface area contributed by atoms with Crippen LogP contribution in [0.5, 0.6) is 5.75 Å². The standard InChI is InChI=1S/C15H22O3/c1-3-11(2)12-6-4-5-7-14(12)18-15-10-17-9-8-13(15)16/h4-7,11,13,15-16H,3,8-10H2,1-2H3. The molecule has 1 saturated heterocycles. The van der Waals surface area contributed by atoms with Crippen molar-refractivity contribution < 1.29 is 14.6 Å². The predicted octanol–water partition coefficient (Wildman–Crippen LogP) is 2.73. The van der Waals surface area contributed by atoms with Gasteiger partial charge in [-0.05, 0) is 24.0 Å². The molecule has 0 bridgehead atoms. The minimum Gasteiger partial charge on any atom is -0.485 e. The third-order valence-electron chi connectivity index (χ3n) is 3.61. The van der Waals surface area contributed by atoms with Gasteiger partial charge in [-0.1, -0.05) is 32.0 Å². The Labute approximate surface area is 109 Å². The summed E-state index contributed by atoms with van der Waals surface area (Å²) in [6, 6.07) is 8.07. The van der Waals surface area contributed by atoms with Crippen LogP contribution in [0.15, 0.2) is 24.3 Å². The van der Waals surface area contributed by atoms with E-state index in [0.717, 1.165) is 12.2 Å². The summed E-state index contributed by atoms with van der Waals surface area (Å²) < 4.78 is 11.3. The molecular formula is C15H22O3. The highest BCUT2D eigenvalue weighted by atomic mass is 16.5. The van der Waals surface area contributed by atoms with Gasteiger partial charge in [-0.25, -0.2) is 0 Å². The quantitative estimate of drug-likeness (QED) is 0.893. The summed E-state index contributed by atoms with van der Waals surface area (Å²) in [5, 5.41) is 9.91. The first-order valence-electron chi connectivity index (χ1n) is 6.73. The van der Waals surface area contributed by atoms with E-state index in [1.807, 2.05) is 18.2 Å². The topological polar surface area (TPSA) is 38.7 Å². The zero-order chi connectivity index (χ0) is 13.0. The Balaban J connectivity index is 2.12. The monoisotopic (exact) mass is 250 g/mol. The van der Waals surface area contributed by atoms with Gasteiger partial charge in [0, 0.05) is 13.0 Å². The highest BCUT2D eigenvalue weighted by Gasteiger charge is 2.26. The Morgan fingerprint density at radius 1 is 1.44 bits per heavy atom. The SMILES string of the molecule is CCC(C)c1ccccc1OC1COCCC1O.